The summed E-state index contributed by atoms with van der Waals surface area (Å²) in [5.74, 6) is 0.362. The van der Waals surface area contributed by atoms with Gasteiger partial charge in [0.2, 0.25) is 15.8 Å². The molecule has 120 valence electrons. The summed E-state index contributed by atoms with van der Waals surface area (Å²) in [7, 11) is -3.76. The zero-order chi connectivity index (χ0) is 16.8. The highest BCUT2D eigenvalue weighted by Crippen LogP contribution is 2.41. The number of Topliss-reactive ketones (excluding diaryl/α,β-unsaturated/α-hetero) is 1. The molecule has 0 saturated carbocycles. The first-order chi connectivity index (χ1) is 10.7. The summed E-state index contributed by atoms with van der Waals surface area (Å²) in [5, 5.41) is 8.88. The highest BCUT2D eigenvalue weighted by atomic mass is 32.2. The highest BCUT2D eigenvalue weighted by Gasteiger charge is 2.42. The maximum absolute atomic E-state index is 12.6. The lowest BCUT2D eigenvalue weighted by Gasteiger charge is -2.17. The van der Waals surface area contributed by atoms with Crippen molar-refractivity contribution in [2.45, 2.75) is 24.3 Å². The van der Waals surface area contributed by atoms with E-state index in [4.69, 9.17) is 9.88 Å². The van der Waals surface area contributed by atoms with Gasteiger partial charge in [-0.3, -0.25) is 4.79 Å². The topological polar surface area (TPSA) is 86.5 Å². The van der Waals surface area contributed by atoms with Crippen LogP contribution < -0.4 is 5.14 Å². The Morgan fingerprint density at radius 1 is 1.09 bits per heavy atom. The van der Waals surface area contributed by atoms with Gasteiger partial charge < -0.3 is 4.74 Å². The van der Waals surface area contributed by atoms with Crippen molar-refractivity contribution in [2.24, 2.45) is 5.14 Å². The van der Waals surface area contributed by atoms with Crippen molar-refractivity contribution in [3.8, 4) is 0 Å². The Bertz CT molecular complexity index is 892. The second-order valence-corrected chi connectivity index (χ2v) is 8.07. The predicted molar refractivity (Wildman–Crippen MR) is 89.1 cm³/mol. The summed E-state index contributed by atoms with van der Waals surface area (Å²) >= 11 is 1.49. The summed E-state index contributed by atoms with van der Waals surface area (Å²) in [6.07, 6.45) is 0. The van der Waals surface area contributed by atoms with Crippen molar-refractivity contribution in [2.75, 3.05) is 0 Å². The second-order valence-electron chi connectivity index (χ2n) is 5.73. The van der Waals surface area contributed by atoms with Gasteiger partial charge in [-0.05, 0) is 60.5 Å². The van der Waals surface area contributed by atoms with Gasteiger partial charge in [-0.15, -0.1) is 0 Å². The second kappa shape index (κ2) is 5.30. The van der Waals surface area contributed by atoms with E-state index in [1.807, 2.05) is 16.8 Å². The van der Waals surface area contributed by atoms with E-state index in [9.17, 15) is 13.2 Å². The zero-order valence-electron chi connectivity index (χ0n) is 12.6. The molecule has 0 radical (unpaired) electrons. The number of hydrogen-bond acceptors (Lipinski definition) is 5. The maximum Gasteiger partial charge on any atom is 0.238 e. The van der Waals surface area contributed by atoms with Crippen molar-refractivity contribution in [1.29, 1.82) is 0 Å². The molecule has 0 unspecified atom stereocenters. The van der Waals surface area contributed by atoms with E-state index in [2.05, 4.69) is 0 Å². The largest absolute Gasteiger partial charge is 0.478 e. The van der Waals surface area contributed by atoms with Gasteiger partial charge in [-0.1, -0.05) is 0 Å². The molecule has 1 aliphatic heterocycles. The van der Waals surface area contributed by atoms with Crippen LogP contribution in [-0.2, 0) is 19.6 Å². The van der Waals surface area contributed by atoms with Gasteiger partial charge in [-0.25, -0.2) is 13.6 Å². The Kier molecular flexibility index (Phi) is 3.66. The fourth-order valence-corrected chi connectivity index (χ4v) is 3.59. The number of sulfonamides is 1. The van der Waals surface area contributed by atoms with Crippen molar-refractivity contribution in [3.63, 3.8) is 0 Å². The third-order valence-corrected chi connectivity index (χ3v) is 5.23. The van der Waals surface area contributed by atoms with Crippen molar-refractivity contribution in [1.82, 2.24) is 0 Å². The van der Waals surface area contributed by atoms with E-state index < -0.39 is 15.6 Å². The van der Waals surface area contributed by atoms with Crippen LogP contribution in [0.1, 0.15) is 25.0 Å². The number of benzene rings is 1. The molecule has 23 heavy (non-hydrogen) atoms. The third kappa shape index (κ3) is 2.83. The van der Waals surface area contributed by atoms with Crippen LogP contribution in [0.15, 0.2) is 46.0 Å². The van der Waals surface area contributed by atoms with Crippen molar-refractivity contribution < 1.29 is 17.9 Å². The van der Waals surface area contributed by atoms with Crippen LogP contribution in [0.3, 0.4) is 0 Å². The predicted octanol–water partition coefficient (Wildman–Crippen LogP) is 2.64. The van der Waals surface area contributed by atoms with Gasteiger partial charge in [0.1, 0.15) is 5.76 Å². The number of nitrogens with two attached hydrogens (primary N) is 1. The number of ether oxygens (including phenoxy) is 1. The number of thiophene rings is 1. The monoisotopic (exact) mass is 349 g/mol. The molecule has 1 aromatic carbocycles. The minimum atomic E-state index is -3.76. The molecule has 0 amide bonds. The Morgan fingerprint density at radius 3 is 2.26 bits per heavy atom. The number of rotatable bonds is 3. The number of primary sulfonamides is 1. The van der Waals surface area contributed by atoms with Crippen LogP contribution in [0.5, 0.6) is 0 Å². The van der Waals surface area contributed by atoms with Crippen LogP contribution in [-0.4, -0.2) is 19.8 Å². The molecule has 7 heteroatoms. The van der Waals surface area contributed by atoms with Crippen LogP contribution >= 0.6 is 11.3 Å². The van der Waals surface area contributed by atoms with Crippen LogP contribution in [0.4, 0.5) is 0 Å². The fourth-order valence-electron chi connectivity index (χ4n) is 2.42. The maximum atomic E-state index is 12.6. The Balaban J connectivity index is 2.13. The molecular formula is C16H15NO4S2. The molecule has 2 aromatic rings. The quantitative estimate of drug-likeness (QED) is 0.923. The standard InChI is InChI=1S/C16H15NO4S2/c1-16(2)15(18)13(11-7-8-22-9-11)14(21-16)10-3-5-12(6-4-10)23(17,19)20/h3-9H,1-2H3,(H2,17,19,20). The average Bonchev–Trinajstić information content (AvgIpc) is 3.06. The van der Waals surface area contributed by atoms with E-state index in [1.54, 1.807) is 26.0 Å². The fraction of sp³-hybridized carbons (Fsp3) is 0.188. The highest BCUT2D eigenvalue weighted by molar-refractivity contribution is 7.89. The van der Waals surface area contributed by atoms with Crippen molar-refractivity contribution in [3.05, 3.63) is 52.2 Å². The molecule has 0 atom stereocenters. The first-order valence-corrected chi connectivity index (χ1v) is 9.33. The first kappa shape index (κ1) is 15.9. The van der Waals surface area contributed by atoms with Gasteiger partial charge in [-0.2, -0.15) is 11.3 Å². The summed E-state index contributed by atoms with van der Waals surface area (Å²) in [5.41, 5.74) is 0.999. The summed E-state index contributed by atoms with van der Waals surface area (Å²) in [6, 6.07) is 7.86. The minimum Gasteiger partial charge on any atom is -0.478 e. The Hall–Kier alpha value is -1.96. The van der Waals surface area contributed by atoms with E-state index in [1.165, 1.54) is 23.5 Å². The normalized spacial score (nSPS) is 17.4. The van der Waals surface area contributed by atoms with E-state index in [0.29, 0.717) is 16.9 Å². The number of carbonyl (C=O) groups excluding carboxylic acids is 1. The molecule has 0 fully saturated rings. The van der Waals surface area contributed by atoms with Gasteiger partial charge in [0.25, 0.3) is 0 Å². The summed E-state index contributed by atoms with van der Waals surface area (Å²) in [4.78, 5) is 12.7. The zero-order valence-corrected chi connectivity index (χ0v) is 14.2. The van der Waals surface area contributed by atoms with Gasteiger partial charge in [0, 0.05) is 5.56 Å². The Labute approximate surface area is 138 Å². The summed E-state index contributed by atoms with van der Waals surface area (Å²) in [6.45, 7) is 3.43. The SMILES string of the molecule is CC1(C)OC(c2ccc(S(N)(=O)=O)cc2)=C(c2ccsc2)C1=O. The molecule has 2 N–H and O–H groups in total. The molecular weight excluding hydrogens is 334 g/mol. The molecule has 1 aliphatic rings. The summed E-state index contributed by atoms with van der Waals surface area (Å²) < 4.78 is 28.6. The smallest absolute Gasteiger partial charge is 0.238 e. The molecule has 2 heterocycles. The van der Waals surface area contributed by atoms with Gasteiger partial charge in [0.05, 0.1) is 10.5 Å². The molecule has 0 bridgehead atoms. The van der Waals surface area contributed by atoms with Gasteiger partial charge >= 0.3 is 0 Å². The lowest BCUT2D eigenvalue weighted by molar-refractivity contribution is -0.125. The van der Waals surface area contributed by atoms with Crippen LogP contribution in [0.25, 0.3) is 11.3 Å². The van der Waals surface area contributed by atoms with Crippen molar-refractivity contribution >= 4 is 38.5 Å². The van der Waals surface area contributed by atoms with Gasteiger partial charge in [0.15, 0.2) is 5.60 Å². The molecule has 0 spiro atoms. The first-order valence-electron chi connectivity index (χ1n) is 6.84. The van der Waals surface area contributed by atoms with E-state index in [-0.39, 0.29) is 10.7 Å². The minimum absolute atomic E-state index is 0.0162. The Morgan fingerprint density at radius 2 is 1.74 bits per heavy atom. The third-order valence-electron chi connectivity index (χ3n) is 3.61. The number of ketones is 1. The van der Waals surface area contributed by atoms with E-state index >= 15 is 0 Å². The molecule has 1 aromatic heterocycles. The lowest BCUT2D eigenvalue weighted by atomic mass is 9.94. The molecule has 5 nitrogen and oxygen atoms in total. The van der Waals surface area contributed by atoms with Crippen LogP contribution in [0, 0.1) is 0 Å². The lowest BCUT2D eigenvalue weighted by Crippen LogP contribution is -2.29. The molecule has 0 saturated heterocycles. The molecule has 3 rings (SSSR count). The number of hydrogen-bond donors (Lipinski definition) is 1. The average molecular weight is 349 g/mol. The van der Waals surface area contributed by atoms with Crippen LogP contribution in [0.2, 0.25) is 0 Å². The number of carbonyl (C=O) groups is 1. The molecule has 0 aliphatic carbocycles. The van der Waals surface area contributed by atoms with E-state index in [0.717, 1.165) is 5.56 Å².